The Hall–Kier alpha value is -2.96. The number of carbonyl (C=O) groups is 1. The van der Waals surface area contributed by atoms with Crippen LogP contribution in [0.5, 0.6) is 0 Å². The Bertz CT molecular complexity index is 1160. The smallest absolute Gasteiger partial charge is 0.374 e. The van der Waals surface area contributed by atoms with E-state index in [1.807, 2.05) is 0 Å². The van der Waals surface area contributed by atoms with Gasteiger partial charge in [0.05, 0.1) is 30.9 Å². The number of pyridine rings is 1. The first-order chi connectivity index (χ1) is 16.1. The van der Waals surface area contributed by atoms with Crippen molar-refractivity contribution in [3.8, 4) is 0 Å². The predicted molar refractivity (Wildman–Crippen MR) is 106 cm³/mol. The van der Waals surface area contributed by atoms with E-state index in [4.69, 9.17) is 16.4 Å². The van der Waals surface area contributed by atoms with Gasteiger partial charge in [-0.2, -0.15) is 26.3 Å². The fourth-order valence-electron chi connectivity index (χ4n) is 3.86. The number of rotatable bonds is 4. The second-order valence-electron chi connectivity index (χ2n) is 8.23. The number of likely N-dealkylation sites (tertiary alicyclic amines) is 1. The molecule has 1 aromatic heterocycles. The minimum atomic E-state index is -5.01. The first-order valence-electron chi connectivity index (χ1n) is 9.91. The molecule has 0 saturated carbocycles. The van der Waals surface area contributed by atoms with Gasteiger partial charge in [-0.3, -0.25) is 9.78 Å². The van der Waals surface area contributed by atoms with E-state index in [2.05, 4.69) is 10.1 Å². The molecule has 5 nitrogen and oxygen atoms in total. The number of nitrogens with zero attached hydrogens (tertiary/aromatic N) is 3. The Morgan fingerprint density at radius 2 is 1.80 bits per heavy atom. The Kier molecular flexibility index (Phi) is 5.97. The topological polar surface area (TPSA) is 54.8 Å². The molecule has 3 heterocycles. The number of aromatic nitrogens is 1. The minimum absolute atomic E-state index is 0.0512. The summed E-state index contributed by atoms with van der Waals surface area (Å²) in [5.74, 6) is -2.28. The fourth-order valence-corrected chi connectivity index (χ4v) is 4.08. The molecule has 1 fully saturated rings. The summed E-state index contributed by atoms with van der Waals surface area (Å²) >= 11 is 5.71. The van der Waals surface area contributed by atoms with Gasteiger partial charge in [-0.1, -0.05) is 16.8 Å². The maximum absolute atomic E-state index is 15.0. The van der Waals surface area contributed by atoms with E-state index < -0.39 is 66.8 Å². The van der Waals surface area contributed by atoms with Gasteiger partial charge in [0.1, 0.15) is 12.2 Å². The van der Waals surface area contributed by atoms with Crippen molar-refractivity contribution >= 4 is 23.2 Å². The summed E-state index contributed by atoms with van der Waals surface area (Å²) in [6, 6.07) is 4.73. The van der Waals surface area contributed by atoms with Gasteiger partial charge in [-0.15, -0.1) is 0 Å². The SMILES string of the molecule is O=C(CC(F)(F)F)N1CC(F)(c2ccc(C3=NOC(c4cc(F)cc(Cl)c4)(C(F)(F)F)C3)cn2)C1. The van der Waals surface area contributed by atoms with Crippen LogP contribution < -0.4 is 0 Å². The van der Waals surface area contributed by atoms with Crippen LogP contribution in [-0.4, -0.2) is 46.9 Å². The Morgan fingerprint density at radius 3 is 2.34 bits per heavy atom. The number of alkyl halides is 7. The highest BCUT2D eigenvalue weighted by Crippen LogP contribution is 2.49. The second-order valence-corrected chi connectivity index (χ2v) is 8.66. The molecule has 4 rings (SSSR count). The van der Waals surface area contributed by atoms with Crippen molar-refractivity contribution in [1.29, 1.82) is 0 Å². The van der Waals surface area contributed by atoms with Gasteiger partial charge in [0.15, 0.2) is 5.67 Å². The zero-order valence-electron chi connectivity index (χ0n) is 17.4. The van der Waals surface area contributed by atoms with Crippen LogP contribution in [0.4, 0.5) is 35.1 Å². The highest BCUT2D eigenvalue weighted by atomic mass is 35.5. The van der Waals surface area contributed by atoms with Crippen molar-refractivity contribution in [2.24, 2.45) is 5.16 Å². The maximum Gasteiger partial charge on any atom is 0.435 e. The average molecular weight is 528 g/mol. The van der Waals surface area contributed by atoms with Gasteiger partial charge < -0.3 is 9.74 Å². The summed E-state index contributed by atoms with van der Waals surface area (Å²) in [7, 11) is 0. The average Bonchev–Trinajstić information content (AvgIpc) is 3.16. The molecule has 2 aliphatic rings. The second kappa shape index (κ2) is 8.32. The molecular weight excluding hydrogens is 514 g/mol. The lowest BCUT2D eigenvalue weighted by atomic mass is 9.86. The number of carbonyl (C=O) groups excluding carboxylic acids is 1. The molecule has 0 bridgehead atoms. The van der Waals surface area contributed by atoms with Crippen molar-refractivity contribution in [1.82, 2.24) is 9.88 Å². The van der Waals surface area contributed by atoms with E-state index in [-0.39, 0.29) is 22.0 Å². The molecule has 1 aromatic carbocycles. The molecule has 2 aromatic rings. The van der Waals surface area contributed by atoms with E-state index in [1.54, 1.807) is 0 Å². The molecule has 1 saturated heterocycles. The van der Waals surface area contributed by atoms with Crippen molar-refractivity contribution in [2.75, 3.05) is 13.1 Å². The van der Waals surface area contributed by atoms with E-state index in [0.29, 0.717) is 11.0 Å². The van der Waals surface area contributed by atoms with Crippen LogP contribution >= 0.6 is 11.6 Å². The first kappa shape index (κ1) is 25.1. The lowest BCUT2D eigenvalue weighted by molar-refractivity contribution is -0.275. The van der Waals surface area contributed by atoms with Crippen LogP contribution in [0, 0.1) is 5.82 Å². The quantitative estimate of drug-likeness (QED) is 0.499. The molecule has 14 heteroatoms. The summed E-state index contributed by atoms with van der Waals surface area (Å²) in [4.78, 5) is 20.9. The highest BCUT2D eigenvalue weighted by Gasteiger charge is 2.62. The highest BCUT2D eigenvalue weighted by molar-refractivity contribution is 6.30. The Balaban J connectivity index is 1.50. The fraction of sp³-hybridized carbons (Fsp3) is 0.381. The van der Waals surface area contributed by atoms with Crippen LogP contribution in [0.1, 0.15) is 29.7 Å². The zero-order chi connectivity index (χ0) is 25.8. The molecule has 35 heavy (non-hydrogen) atoms. The maximum atomic E-state index is 15.0. The van der Waals surface area contributed by atoms with E-state index in [1.165, 1.54) is 6.07 Å². The van der Waals surface area contributed by atoms with Crippen LogP contribution in [0.2, 0.25) is 5.02 Å². The zero-order valence-corrected chi connectivity index (χ0v) is 18.1. The molecule has 1 unspecified atom stereocenters. The van der Waals surface area contributed by atoms with Gasteiger partial charge in [0, 0.05) is 22.3 Å². The third-order valence-corrected chi connectivity index (χ3v) is 5.88. The molecule has 1 amide bonds. The van der Waals surface area contributed by atoms with Crippen LogP contribution in [0.15, 0.2) is 41.7 Å². The number of hydrogen-bond acceptors (Lipinski definition) is 4. The van der Waals surface area contributed by atoms with Gasteiger partial charge in [0.25, 0.3) is 5.60 Å². The van der Waals surface area contributed by atoms with E-state index in [0.717, 1.165) is 24.4 Å². The van der Waals surface area contributed by atoms with Crippen molar-refractivity contribution in [3.63, 3.8) is 0 Å². The van der Waals surface area contributed by atoms with Crippen LogP contribution in [0.25, 0.3) is 0 Å². The number of halogens is 9. The number of hydrogen-bond donors (Lipinski definition) is 0. The molecule has 0 N–H and O–H groups in total. The van der Waals surface area contributed by atoms with Crippen LogP contribution in [-0.2, 0) is 20.9 Å². The van der Waals surface area contributed by atoms with Crippen LogP contribution in [0.3, 0.4) is 0 Å². The molecule has 0 spiro atoms. The summed E-state index contributed by atoms with van der Waals surface area (Å²) in [6.07, 6.45) is -11.3. The number of benzene rings is 1. The monoisotopic (exact) mass is 527 g/mol. The summed E-state index contributed by atoms with van der Waals surface area (Å²) in [5.41, 5.74) is -6.18. The van der Waals surface area contributed by atoms with Gasteiger partial charge in [0.2, 0.25) is 5.91 Å². The Labute approximate surface area is 197 Å². The lowest BCUT2D eigenvalue weighted by Crippen LogP contribution is -2.59. The summed E-state index contributed by atoms with van der Waals surface area (Å²) in [5, 5.41) is 3.22. The summed E-state index contributed by atoms with van der Waals surface area (Å²) in [6.45, 7) is -1.29. The van der Waals surface area contributed by atoms with Gasteiger partial charge in [-0.05, 0) is 30.3 Å². The van der Waals surface area contributed by atoms with Crippen molar-refractivity contribution in [3.05, 3.63) is 64.2 Å². The summed E-state index contributed by atoms with van der Waals surface area (Å²) < 4.78 is 108. The Morgan fingerprint density at radius 1 is 1.11 bits per heavy atom. The molecule has 2 aliphatic heterocycles. The van der Waals surface area contributed by atoms with Gasteiger partial charge >= 0.3 is 12.4 Å². The third kappa shape index (κ3) is 4.78. The normalized spacial score (nSPS) is 21.9. The molecule has 0 radical (unpaired) electrons. The predicted octanol–water partition coefficient (Wildman–Crippen LogP) is 5.42. The standard InChI is InChI=1S/C21H14ClF8N3O2/c22-13-3-12(4-14(23)5-13)19(21(28,29)30)6-15(32-35-19)11-1-2-16(31-8-11)18(24)9-33(10-18)17(34)7-20(25,26)27/h1-5,8H,6-7,9-10H2. The molecular formula is C21H14ClF8N3O2. The number of oxime groups is 1. The van der Waals surface area contributed by atoms with E-state index >= 15 is 0 Å². The minimum Gasteiger partial charge on any atom is -0.374 e. The van der Waals surface area contributed by atoms with E-state index in [9.17, 15) is 39.9 Å². The van der Waals surface area contributed by atoms with Crippen molar-refractivity contribution in [2.45, 2.75) is 36.5 Å². The molecule has 0 aliphatic carbocycles. The van der Waals surface area contributed by atoms with Gasteiger partial charge in [-0.25, -0.2) is 8.78 Å². The first-order valence-corrected chi connectivity index (χ1v) is 10.3. The lowest BCUT2D eigenvalue weighted by Gasteiger charge is -2.44. The largest absolute Gasteiger partial charge is 0.435 e. The number of amides is 1. The molecule has 188 valence electrons. The molecule has 1 atom stereocenters. The third-order valence-electron chi connectivity index (χ3n) is 5.66. The van der Waals surface area contributed by atoms with Crippen molar-refractivity contribution < 1.29 is 44.8 Å².